The van der Waals surface area contributed by atoms with Crippen molar-refractivity contribution in [2.45, 2.75) is 40.0 Å². The molecule has 2 rings (SSSR count). The van der Waals surface area contributed by atoms with E-state index in [1.165, 1.54) is 0 Å². The highest BCUT2D eigenvalue weighted by molar-refractivity contribution is 5.98. The van der Waals surface area contributed by atoms with Crippen LogP contribution >= 0.6 is 0 Å². The van der Waals surface area contributed by atoms with Crippen molar-refractivity contribution in [3.8, 4) is 5.75 Å². The molecule has 0 unspecified atom stereocenters. The fourth-order valence-corrected chi connectivity index (χ4v) is 2.82. The van der Waals surface area contributed by atoms with Crippen LogP contribution in [0.3, 0.4) is 0 Å². The molecule has 1 N–H and O–H groups in total. The molecule has 0 atom stereocenters. The molecule has 0 saturated carbocycles. The minimum Gasteiger partial charge on any atom is -0.482 e. The highest BCUT2D eigenvalue weighted by Crippen LogP contribution is 2.25. The highest BCUT2D eigenvalue weighted by atomic mass is 16.6. The van der Waals surface area contributed by atoms with Crippen molar-refractivity contribution >= 4 is 23.3 Å². The van der Waals surface area contributed by atoms with Gasteiger partial charge in [0, 0.05) is 17.7 Å². The molecule has 0 heterocycles. The Morgan fingerprint density at radius 3 is 2.20 bits per heavy atom. The van der Waals surface area contributed by atoms with E-state index in [0.29, 0.717) is 23.4 Å². The van der Waals surface area contributed by atoms with Crippen molar-refractivity contribution in [1.29, 1.82) is 0 Å². The van der Waals surface area contributed by atoms with Crippen molar-refractivity contribution in [1.82, 2.24) is 0 Å². The van der Waals surface area contributed by atoms with Gasteiger partial charge in [-0.2, -0.15) is 0 Å². The van der Waals surface area contributed by atoms with Crippen molar-refractivity contribution in [2.75, 3.05) is 18.5 Å². The van der Waals surface area contributed by atoms with Crippen LogP contribution in [0.25, 0.3) is 0 Å². The molecule has 0 aromatic heterocycles. The molecule has 0 aliphatic carbocycles. The van der Waals surface area contributed by atoms with Crippen LogP contribution in [0.4, 0.5) is 5.69 Å². The van der Waals surface area contributed by atoms with Gasteiger partial charge in [0.25, 0.3) is 0 Å². The van der Waals surface area contributed by atoms with Crippen LogP contribution in [0, 0.1) is 5.92 Å². The Bertz CT molecular complexity index is 871. The zero-order valence-corrected chi connectivity index (χ0v) is 17.9. The van der Waals surface area contributed by atoms with Crippen LogP contribution in [0.2, 0.25) is 0 Å². The number of nitrogens with one attached hydrogen (secondary N) is 1. The largest absolute Gasteiger partial charge is 0.482 e. The molecule has 0 bridgehead atoms. The van der Waals surface area contributed by atoms with Gasteiger partial charge in [-0.3, -0.25) is 9.59 Å². The molecule has 0 aliphatic rings. The zero-order valence-electron chi connectivity index (χ0n) is 17.9. The van der Waals surface area contributed by atoms with E-state index in [2.05, 4.69) is 5.32 Å². The summed E-state index contributed by atoms with van der Waals surface area (Å²) >= 11 is 0. The van der Waals surface area contributed by atoms with E-state index in [9.17, 15) is 14.4 Å². The number of carbonyl (C=O) groups is 3. The van der Waals surface area contributed by atoms with Gasteiger partial charge in [0.15, 0.2) is 19.0 Å². The SMILES string of the molecule is CC(C)CC(=O)Nc1ccc(C(=O)COC(=O)COc2ccccc2C(C)C)cc1. The Balaban J connectivity index is 1.81. The summed E-state index contributed by atoms with van der Waals surface area (Å²) in [6.07, 6.45) is 0.431. The normalized spacial score (nSPS) is 10.7. The molecule has 2 aromatic carbocycles. The summed E-state index contributed by atoms with van der Waals surface area (Å²) in [7, 11) is 0. The Morgan fingerprint density at radius 1 is 0.900 bits per heavy atom. The van der Waals surface area contributed by atoms with Crippen molar-refractivity contribution in [3.63, 3.8) is 0 Å². The Labute approximate surface area is 177 Å². The van der Waals surface area contributed by atoms with Gasteiger partial charge in [0.05, 0.1) is 0 Å². The van der Waals surface area contributed by atoms with Crippen LogP contribution in [-0.2, 0) is 14.3 Å². The summed E-state index contributed by atoms with van der Waals surface area (Å²) in [6.45, 7) is 7.39. The van der Waals surface area contributed by atoms with Gasteiger partial charge in [0.1, 0.15) is 5.75 Å². The maximum Gasteiger partial charge on any atom is 0.344 e. The number of anilines is 1. The number of ether oxygens (including phenoxy) is 2. The van der Waals surface area contributed by atoms with Crippen LogP contribution in [-0.4, -0.2) is 30.9 Å². The molecule has 6 heteroatoms. The summed E-state index contributed by atoms with van der Waals surface area (Å²) in [6, 6.07) is 14.0. The summed E-state index contributed by atoms with van der Waals surface area (Å²) < 4.78 is 10.6. The molecule has 2 aromatic rings. The summed E-state index contributed by atoms with van der Waals surface area (Å²) in [5.74, 6) is 0.147. The molecule has 6 nitrogen and oxygen atoms in total. The molecule has 0 fully saturated rings. The first-order chi connectivity index (χ1) is 14.3. The lowest BCUT2D eigenvalue weighted by molar-refractivity contribution is -0.144. The van der Waals surface area contributed by atoms with E-state index in [-0.39, 0.29) is 36.7 Å². The number of hydrogen-bond donors (Lipinski definition) is 1. The number of para-hydroxylation sites is 1. The van der Waals surface area contributed by atoms with E-state index >= 15 is 0 Å². The van der Waals surface area contributed by atoms with Crippen molar-refractivity contribution in [3.05, 3.63) is 59.7 Å². The maximum atomic E-state index is 12.2. The first-order valence-corrected chi connectivity index (χ1v) is 10.1. The third-order valence-electron chi connectivity index (χ3n) is 4.34. The zero-order chi connectivity index (χ0) is 22.1. The monoisotopic (exact) mass is 411 g/mol. The Kier molecular flexibility index (Phi) is 8.59. The van der Waals surface area contributed by atoms with Gasteiger partial charge in [-0.1, -0.05) is 45.9 Å². The number of ketones is 1. The average Bonchev–Trinajstić information content (AvgIpc) is 2.70. The fraction of sp³-hybridized carbons (Fsp3) is 0.375. The molecule has 30 heavy (non-hydrogen) atoms. The standard InChI is InChI=1S/C24H29NO5/c1-16(2)13-23(27)25-19-11-9-18(10-12-19)21(26)14-30-24(28)15-29-22-8-6-5-7-20(22)17(3)4/h5-12,16-17H,13-15H2,1-4H3,(H,25,27). The lowest BCUT2D eigenvalue weighted by Crippen LogP contribution is -2.20. The number of benzene rings is 2. The van der Waals surface area contributed by atoms with Crippen LogP contribution in [0.1, 0.15) is 56.0 Å². The molecule has 0 aliphatic heterocycles. The quantitative estimate of drug-likeness (QED) is 0.456. The Hall–Kier alpha value is -3.15. The number of rotatable bonds is 10. The van der Waals surface area contributed by atoms with Gasteiger partial charge in [0.2, 0.25) is 5.91 Å². The molecule has 0 spiro atoms. The number of amides is 1. The fourth-order valence-electron chi connectivity index (χ4n) is 2.82. The van der Waals surface area contributed by atoms with E-state index in [4.69, 9.17) is 9.47 Å². The van der Waals surface area contributed by atoms with E-state index in [0.717, 1.165) is 5.56 Å². The first-order valence-electron chi connectivity index (χ1n) is 10.1. The summed E-state index contributed by atoms with van der Waals surface area (Å²) in [4.78, 5) is 36.0. The molecular formula is C24H29NO5. The van der Waals surface area contributed by atoms with Crippen LogP contribution in [0.15, 0.2) is 48.5 Å². The van der Waals surface area contributed by atoms with Gasteiger partial charge in [-0.15, -0.1) is 0 Å². The third-order valence-corrected chi connectivity index (χ3v) is 4.34. The van der Waals surface area contributed by atoms with E-state index in [1.807, 2.05) is 45.9 Å². The lowest BCUT2D eigenvalue weighted by atomic mass is 10.0. The summed E-state index contributed by atoms with van der Waals surface area (Å²) in [5, 5.41) is 2.78. The smallest absolute Gasteiger partial charge is 0.344 e. The second-order valence-electron chi connectivity index (χ2n) is 7.79. The predicted octanol–water partition coefficient (Wildman–Crippen LogP) is 4.60. The number of hydrogen-bond acceptors (Lipinski definition) is 5. The molecule has 0 saturated heterocycles. The van der Waals surface area contributed by atoms with Gasteiger partial charge < -0.3 is 14.8 Å². The predicted molar refractivity (Wildman–Crippen MR) is 116 cm³/mol. The van der Waals surface area contributed by atoms with Gasteiger partial charge in [-0.05, 0) is 47.7 Å². The van der Waals surface area contributed by atoms with Gasteiger partial charge >= 0.3 is 5.97 Å². The number of carbonyl (C=O) groups excluding carboxylic acids is 3. The topological polar surface area (TPSA) is 81.7 Å². The molecule has 0 radical (unpaired) electrons. The van der Waals surface area contributed by atoms with E-state index < -0.39 is 5.97 Å². The molecule has 160 valence electrons. The maximum absolute atomic E-state index is 12.2. The second kappa shape index (κ2) is 11.1. The molecule has 1 amide bonds. The van der Waals surface area contributed by atoms with Crippen LogP contribution in [0.5, 0.6) is 5.75 Å². The van der Waals surface area contributed by atoms with E-state index in [1.54, 1.807) is 30.3 Å². The van der Waals surface area contributed by atoms with Gasteiger partial charge in [-0.25, -0.2) is 4.79 Å². The van der Waals surface area contributed by atoms with Crippen LogP contribution < -0.4 is 10.1 Å². The minimum absolute atomic E-state index is 0.0722. The van der Waals surface area contributed by atoms with Crippen molar-refractivity contribution < 1.29 is 23.9 Å². The minimum atomic E-state index is -0.612. The third kappa shape index (κ3) is 7.35. The summed E-state index contributed by atoms with van der Waals surface area (Å²) in [5.41, 5.74) is 2.02. The van der Waals surface area contributed by atoms with Crippen molar-refractivity contribution in [2.24, 2.45) is 5.92 Å². The lowest BCUT2D eigenvalue weighted by Gasteiger charge is -2.13. The molecular weight excluding hydrogens is 382 g/mol. The highest BCUT2D eigenvalue weighted by Gasteiger charge is 2.13. The Morgan fingerprint density at radius 2 is 1.57 bits per heavy atom. The average molecular weight is 411 g/mol. The second-order valence-corrected chi connectivity index (χ2v) is 7.79. The number of esters is 1. The first kappa shape index (κ1) is 23.1. The number of Topliss-reactive ketones (excluding diaryl/α,β-unsaturated/α-hetero) is 1.